The summed E-state index contributed by atoms with van der Waals surface area (Å²) in [6, 6.07) is 0. The van der Waals surface area contributed by atoms with Gasteiger partial charge in [0.15, 0.2) is 5.54 Å². The van der Waals surface area contributed by atoms with Crippen molar-refractivity contribution < 1.29 is 9.90 Å². The van der Waals surface area contributed by atoms with Crippen molar-refractivity contribution in [2.24, 2.45) is 5.73 Å². The Kier molecular flexibility index (Phi) is 3.66. The number of hydrogen-bond donors (Lipinski definition) is 3. The van der Waals surface area contributed by atoms with Gasteiger partial charge < -0.3 is 10.8 Å². The van der Waals surface area contributed by atoms with Gasteiger partial charge in [0.1, 0.15) is 0 Å². The molecule has 0 bridgehead atoms. The van der Waals surface area contributed by atoms with Gasteiger partial charge in [0.05, 0.1) is 0 Å². The lowest BCUT2D eigenvalue weighted by Gasteiger charge is -2.35. The molecule has 0 aromatic rings. The van der Waals surface area contributed by atoms with Crippen molar-refractivity contribution in [3.05, 3.63) is 11.6 Å². The van der Waals surface area contributed by atoms with E-state index in [4.69, 9.17) is 5.73 Å². The first-order chi connectivity index (χ1) is 6.67. The van der Waals surface area contributed by atoms with Gasteiger partial charge in [0, 0.05) is 6.54 Å². The maximum absolute atomic E-state index is 11.2. The smallest absolute Gasteiger partial charge is 0.329 e. The highest BCUT2D eigenvalue weighted by Gasteiger charge is 2.41. The molecule has 80 valence electrons. The molecule has 0 amide bonds. The summed E-state index contributed by atoms with van der Waals surface area (Å²) in [5, 5.41) is 12.2. The van der Waals surface area contributed by atoms with E-state index < -0.39 is 11.5 Å². The zero-order valence-electron chi connectivity index (χ0n) is 8.55. The normalized spacial score (nSPS) is 19.4. The lowest BCUT2D eigenvalue weighted by molar-refractivity contribution is -0.143. The summed E-state index contributed by atoms with van der Waals surface area (Å²) >= 11 is 0. The third-order valence-corrected chi connectivity index (χ3v) is 2.70. The molecule has 0 aromatic heterocycles. The van der Waals surface area contributed by atoms with Gasteiger partial charge in [-0.2, -0.15) is 0 Å². The Hall–Kier alpha value is -0.870. The minimum atomic E-state index is -1.01. The summed E-state index contributed by atoms with van der Waals surface area (Å²) in [5.74, 6) is -0.862. The number of hydrogen-bond acceptors (Lipinski definition) is 3. The topological polar surface area (TPSA) is 75.3 Å². The first kappa shape index (κ1) is 11.2. The summed E-state index contributed by atoms with van der Waals surface area (Å²) in [5.41, 5.74) is 5.50. The second-order valence-corrected chi connectivity index (χ2v) is 3.61. The molecule has 4 N–H and O–H groups in total. The van der Waals surface area contributed by atoms with Crippen molar-refractivity contribution in [1.82, 2.24) is 5.32 Å². The first-order valence-corrected chi connectivity index (χ1v) is 5.05. The van der Waals surface area contributed by atoms with Crippen LogP contribution in [0, 0.1) is 0 Å². The van der Waals surface area contributed by atoms with Crippen LogP contribution in [0.5, 0.6) is 0 Å². The van der Waals surface area contributed by atoms with E-state index in [9.17, 15) is 9.90 Å². The van der Waals surface area contributed by atoms with Gasteiger partial charge in [0.25, 0.3) is 0 Å². The lowest BCUT2D eigenvalue weighted by atomic mass is 9.80. The molecule has 14 heavy (non-hydrogen) atoms. The number of nitrogens with two attached hydrogens (primary N) is 1. The molecule has 0 aromatic carbocycles. The van der Waals surface area contributed by atoms with Crippen LogP contribution in [0.4, 0.5) is 0 Å². The maximum Gasteiger partial charge on any atom is 0.329 e. The van der Waals surface area contributed by atoms with E-state index in [0.29, 0.717) is 6.54 Å². The average molecular weight is 198 g/mol. The molecule has 1 aliphatic carbocycles. The van der Waals surface area contributed by atoms with Crippen LogP contribution < -0.4 is 11.1 Å². The fourth-order valence-electron chi connectivity index (χ4n) is 1.63. The minimum Gasteiger partial charge on any atom is -0.480 e. The van der Waals surface area contributed by atoms with Crippen LogP contribution in [-0.2, 0) is 4.79 Å². The Bertz CT molecular complexity index is 251. The fraction of sp³-hybridized carbons (Fsp3) is 0.700. The second kappa shape index (κ2) is 4.57. The molecule has 1 rings (SSSR count). The quantitative estimate of drug-likeness (QED) is 0.543. The molecule has 0 aliphatic heterocycles. The van der Waals surface area contributed by atoms with Gasteiger partial charge >= 0.3 is 5.97 Å². The number of nitrogens with one attached hydrogen (secondary N) is 1. The van der Waals surface area contributed by atoms with Crippen LogP contribution in [0.25, 0.3) is 0 Å². The summed E-state index contributed by atoms with van der Waals surface area (Å²) < 4.78 is 0. The molecule has 0 heterocycles. The van der Waals surface area contributed by atoms with E-state index in [1.807, 2.05) is 13.0 Å². The second-order valence-electron chi connectivity index (χ2n) is 3.61. The van der Waals surface area contributed by atoms with Crippen LogP contribution in [0.3, 0.4) is 0 Å². The SMILES string of the molecule is CCCNC(CN)(C(=O)O)C1=CCC1. The Labute approximate surface area is 84.2 Å². The van der Waals surface area contributed by atoms with Crippen LogP contribution in [0.1, 0.15) is 26.2 Å². The van der Waals surface area contributed by atoms with E-state index in [0.717, 1.165) is 24.8 Å². The highest BCUT2D eigenvalue weighted by molar-refractivity contribution is 5.84. The van der Waals surface area contributed by atoms with Crippen molar-refractivity contribution in [2.75, 3.05) is 13.1 Å². The van der Waals surface area contributed by atoms with Crippen LogP contribution in [-0.4, -0.2) is 29.7 Å². The third-order valence-electron chi connectivity index (χ3n) is 2.70. The van der Waals surface area contributed by atoms with Crippen LogP contribution >= 0.6 is 0 Å². The summed E-state index contributed by atoms with van der Waals surface area (Å²) in [4.78, 5) is 11.2. The molecule has 1 aliphatic rings. The number of allylic oxidation sites excluding steroid dienone is 1. The molecule has 4 heteroatoms. The number of aliphatic carboxylic acids is 1. The number of carbonyl (C=O) groups is 1. The molecule has 0 saturated heterocycles. The lowest BCUT2D eigenvalue weighted by Crippen LogP contribution is -2.59. The Morgan fingerprint density at radius 3 is 2.71 bits per heavy atom. The molecule has 4 nitrogen and oxygen atoms in total. The molecule has 0 spiro atoms. The highest BCUT2D eigenvalue weighted by Crippen LogP contribution is 2.29. The van der Waals surface area contributed by atoms with Crippen molar-refractivity contribution >= 4 is 5.97 Å². The predicted molar refractivity (Wildman–Crippen MR) is 55.0 cm³/mol. The van der Waals surface area contributed by atoms with Gasteiger partial charge in [-0.05, 0) is 31.4 Å². The van der Waals surface area contributed by atoms with Gasteiger partial charge in [-0.25, -0.2) is 4.79 Å². The Morgan fingerprint density at radius 2 is 2.43 bits per heavy atom. The minimum absolute atomic E-state index is 0.119. The van der Waals surface area contributed by atoms with Gasteiger partial charge in [-0.15, -0.1) is 0 Å². The molecular weight excluding hydrogens is 180 g/mol. The fourth-order valence-corrected chi connectivity index (χ4v) is 1.63. The zero-order chi connectivity index (χ0) is 10.6. The Balaban J connectivity index is 2.80. The van der Waals surface area contributed by atoms with Gasteiger partial charge in [0.2, 0.25) is 0 Å². The predicted octanol–water partition coefficient (Wildman–Crippen LogP) is 0.488. The number of carboxylic acid groups (broad SMARTS) is 1. The zero-order valence-corrected chi connectivity index (χ0v) is 8.55. The Morgan fingerprint density at radius 1 is 1.79 bits per heavy atom. The molecule has 0 radical (unpaired) electrons. The van der Waals surface area contributed by atoms with Crippen molar-refractivity contribution in [2.45, 2.75) is 31.7 Å². The van der Waals surface area contributed by atoms with E-state index in [1.54, 1.807) is 0 Å². The third kappa shape index (κ3) is 1.81. The van der Waals surface area contributed by atoms with Crippen molar-refractivity contribution in [1.29, 1.82) is 0 Å². The van der Waals surface area contributed by atoms with Crippen molar-refractivity contribution in [3.63, 3.8) is 0 Å². The van der Waals surface area contributed by atoms with E-state index in [-0.39, 0.29) is 6.54 Å². The van der Waals surface area contributed by atoms with E-state index in [1.165, 1.54) is 0 Å². The summed E-state index contributed by atoms with van der Waals surface area (Å²) in [7, 11) is 0. The molecule has 1 atom stereocenters. The molecule has 1 unspecified atom stereocenters. The maximum atomic E-state index is 11.2. The van der Waals surface area contributed by atoms with Crippen LogP contribution in [0.15, 0.2) is 11.6 Å². The standard InChI is InChI=1S/C10H18N2O2/c1-2-6-12-10(7-11,9(13)14)8-4-3-5-8/h4,12H,2-3,5-7,11H2,1H3,(H,13,14). The first-order valence-electron chi connectivity index (χ1n) is 5.05. The number of rotatable bonds is 6. The van der Waals surface area contributed by atoms with E-state index >= 15 is 0 Å². The average Bonchev–Trinajstić information content (AvgIpc) is 2.08. The van der Waals surface area contributed by atoms with Gasteiger partial charge in [-0.3, -0.25) is 5.32 Å². The summed E-state index contributed by atoms with van der Waals surface area (Å²) in [6.45, 7) is 2.81. The molecule has 0 fully saturated rings. The molecular formula is C10H18N2O2. The highest BCUT2D eigenvalue weighted by atomic mass is 16.4. The molecule has 0 saturated carbocycles. The van der Waals surface area contributed by atoms with Crippen LogP contribution in [0.2, 0.25) is 0 Å². The number of carboxylic acids is 1. The summed E-state index contributed by atoms with van der Waals surface area (Å²) in [6.07, 6.45) is 4.68. The monoisotopic (exact) mass is 198 g/mol. The van der Waals surface area contributed by atoms with Gasteiger partial charge in [-0.1, -0.05) is 13.0 Å². The van der Waals surface area contributed by atoms with E-state index in [2.05, 4.69) is 5.32 Å². The van der Waals surface area contributed by atoms with Crippen molar-refractivity contribution in [3.8, 4) is 0 Å². The largest absolute Gasteiger partial charge is 0.480 e.